The lowest BCUT2D eigenvalue weighted by Crippen LogP contribution is -2.31. The van der Waals surface area contributed by atoms with Crippen molar-refractivity contribution >= 4 is 11.7 Å². The van der Waals surface area contributed by atoms with Crippen molar-refractivity contribution in [1.29, 1.82) is 0 Å². The second kappa shape index (κ2) is 5.67. The number of aromatic nitrogens is 4. The summed E-state index contributed by atoms with van der Waals surface area (Å²) in [5, 5.41) is 15.0. The second-order valence-electron chi connectivity index (χ2n) is 3.60. The van der Waals surface area contributed by atoms with Gasteiger partial charge in [-0.3, -0.25) is 9.59 Å². The Kier molecular flexibility index (Phi) is 3.75. The third kappa shape index (κ3) is 3.21. The Morgan fingerprint density at radius 2 is 2.00 bits per heavy atom. The highest BCUT2D eigenvalue weighted by atomic mass is 16.2. The minimum Gasteiger partial charge on any atom is -0.348 e. The van der Waals surface area contributed by atoms with Crippen LogP contribution in [0.3, 0.4) is 0 Å². The summed E-state index contributed by atoms with van der Waals surface area (Å²) in [6, 6.07) is 9.28. The maximum atomic E-state index is 11.6. The summed E-state index contributed by atoms with van der Waals surface area (Å²) in [4.78, 5) is 23.0. The number of carbonyl (C=O) groups excluding carboxylic acids is 2. The summed E-state index contributed by atoms with van der Waals surface area (Å²) in [6.45, 7) is -0.134. The lowest BCUT2D eigenvalue weighted by atomic mass is 10.1. The van der Waals surface area contributed by atoms with Gasteiger partial charge in [-0.1, -0.05) is 30.3 Å². The molecule has 0 radical (unpaired) electrons. The molecule has 0 spiro atoms. The highest BCUT2D eigenvalue weighted by Crippen LogP contribution is 1.99. The molecule has 0 aliphatic carbocycles. The van der Waals surface area contributed by atoms with Crippen LogP contribution in [0.25, 0.3) is 0 Å². The first kappa shape index (κ1) is 11.9. The van der Waals surface area contributed by atoms with Gasteiger partial charge in [0.25, 0.3) is 0 Å². The van der Waals surface area contributed by atoms with Crippen LogP contribution in [-0.2, 0) is 11.2 Å². The minimum atomic E-state index is -0.384. The van der Waals surface area contributed by atoms with Crippen molar-refractivity contribution in [1.82, 2.24) is 25.9 Å². The van der Waals surface area contributed by atoms with E-state index in [0.29, 0.717) is 0 Å². The van der Waals surface area contributed by atoms with E-state index in [0.717, 1.165) is 5.56 Å². The minimum absolute atomic E-state index is 0.0324. The van der Waals surface area contributed by atoms with Gasteiger partial charge in [-0.25, -0.2) is 0 Å². The molecule has 0 saturated heterocycles. The molecule has 0 unspecified atom stereocenters. The zero-order valence-corrected chi connectivity index (χ0v) is 9.46. The summed E-state index contributed by atoms with van der Waals surface area (Å²) in [6.07, 6.45) is 0.236. The van der Waals surface area contributed by atoms with Gasteiger partial charge in [0.2, 0.25) is 17.5 Å². The van der Waals surface area contributed by atoms with Gasteiger partial charge in [-0.15, -0.1) is 10.2 Å². The number of amides is 1. The number of ketones is 1. The molecule has 18 heavy (non-hydrogen) atoms. The largest absolute Gasteiger partial charge is 0.348 e. The number of H-pyrrole nitrogens is 1. The molecule has 1 aromatic heterocycles. The van der Waals surface area contributed by atoms with Crippen LogP contribution in [0.4, 0.5) is 0 Å². The average Bonchev–Trinajstić information content (AvgIpc) is 2.91. The number of hydrogen-bond donors (Lipinski definition) is 2. The standard InChI is InChI=1S/C11H11N5O2/c17-9(11-13-15-16-14-11)7-12-10(18)6-8-4-2-1-3-5-8/h1-5H,6-7H2,(H,12,18)(H,13,14,15,16). The SMILES string of the molecule is O=C(Cc1ccccc1)NCC(=O)c1nn[nH]n1. The lowest BCUT2D eigenvalue weighted by Gasteiger charge is -2.02. The third-order valence-corrected chi connectivity index (χ3v) is 2.25. The van der Waals surface area contributed by atoms with Crippen molar-refractivity contribution in [3.63, 3.8) is 0 Å². The third-order valence-electron chi connectivity index (χ3n) is 2.25. The lowest BCUT2D eigenvalue weighted by molar-refractivity contribution is -0.120. The molecule has 7 nitrogen and oxygen atoms in total. The van der Waals surface area contributed by atoms with Gasteiger partial charge in [0.05, 0.1) is 13.0 Å². The topological polar surface area (TPSA) is 101 Å². The molecule has 0 bridgehead atoms. The smallest absolute Gasteiger partial charge is 0.242 e. The molecule has 2 rings (SSSR count). The van der Waals surface area contributed by atoms with E-state index in [1.54, 1.807) is 0 Å². The fourth-order valence-corrected chi connectivity index (χ4v) is 1.38. The Labute approximate surface area is 103 Å². The highest BCUT2D eigenvalue weighted by Gasteiger charge is 2.12. The number of tetrazole rings is 1. The predicted octanol–water partition coefficient (Wildman–Crippen LogP) is -0.259. The van der Waals surface area contributed by atoms with Crippen molar-refractivity contribution in [3.8, 4) is 0 Å². The molecule has 2 aromatic rings. The summed E-state index contributed by atoms with van der Waals surface area (Å²) >= 11 is 0. The van der Waals surface area contributed by atoms with E-state index in [1.165, 1.54) is 0 Å². The molecule has 0 fully saturated rings. The van der Waals surface area contributed by atoms with E-state index in [1.807, 2.05) is 30.3 Å². The van der Waals surface area contributed by atoms with Gasteiger partial charge in [0, 0.05) is 0 Å². The van der Waals surface area contributed by atoms with Crippen LogP contribution in [0, 0.1) is 0 Å². The number of carbonyl (C=O) groups is 2. The van der Waals surface area contributed by atoms with Crippen molar-refractivity contribution in [2.45, 2.75) is 6.42 Å². The van der Waals surface area contributed by atoms with E-state index in [9.17, 15) is 9.59 Å². The first-order valence-electron chi connectivity index (χ1n) is 5.33. The van der Waals surface area contributed by atoms with Gasteiger partial charge in [-0.05, 0) is 10.8 Å². The number of benzene rings is 1. The van der Waals surface area contributed by atoms with Gasteiger partial charge in [-0.2, -0.15) is 5.21 Å². The number of rotatable bonds is 5. The number of nitrogens with zero attached hydrogens (tertiary/aromatic N) is 3. The van der Waals surface area contributed by atoms with Gasteiger partial charge < -0.3 is 5.32 Å². The van der Waals surface area contributed by atoms with Gasteiger partial charge in [0.1, 0.15) is 0 Å². The second-order valence-corrected chi connectivity index (χ2v) is 3.60. The van der Waals surface area contributed by atoms with Crippen LogP contribution in [0.5, 0.6) is 0 Å². The highest BCUT2D eigenvalue weighted by molar-refractivity contribution is 5.96. The van der Waals surface area contributed by atoms with E-state index < -0.39 is 0 Å². The maximum Gasteiger partial charge on any atom is 0.242 e. The summed E-state index contributed by atoms with van der Waals surface area (Å²) in [5.41, 5.74) is 0.891. The summed E-state index contributed by atoms with van der Waals surface area (Å²) in [7, 11) is 0. The quantitative estimate of drug-likeness (QED) is 0.707. The molecule has 1 heterocycles. The molecular weight excluding hydrogens is 234 g/mol. The molecule has 2 N–H and O–H groups in total. The zero-order valence-electron chi connectivity index (χ0n) is 9.46. The number of Topliss-reactive ketones (excluding diaryl/α,β-unsaturated/α-hetero) is 1. The molecule has 0 aliphatic heterocycles. The monoisotopic (exact) mass is 245 g/mol. The van der Waals surface area contributed by atoms with Crippen molar-refractivity contribution in [2.24, 2.45) is 0 Å². The van der Waals surface area contributed by atoms with Crippen LogP contribution in [0.15, 0.2) is 30.3 Å². The molecule has 1 amide bonds. The molecule has 0 aliphatic rings. The van der Waals surface area contributed by atoms with Crippen LogP contribution in [0.2, 0.25) is 0 Å². The van der Waals surface area contributed by atoms with Crippen molar-refractivity contribution in [3.05, 3.63) is 41.7 Å². The summed E-state index contributed by atoms with van der Waals surface area (Å²) in [5.74, 6) is -0.641. The molecule has 1 aromatic carbocycles. The van der Waals surface area contributed by atoms with Crippen molar-refractivity contribution < 1.29 is 9.59 Å². The van der Waals surface area contributed by atoms with Gasteiger partial charge >= 0.3 is 0 Å². The normalized spacial score (nSPS) is 10.0. The van der Waals surface area contributed by atoms with Gasteiger partial charge in [0.15, 0.2) is 0 Å². The van der Waals surface area contributed by atoms with Crippen LogP contribution >= 0.6 is 0 Å². The molecular formula is C11H11N5O2. The van der Waals surface area contributed by atoms with E-state index in [2.05, 4.69) is 25.9 Å². The molecule has 92 valence electrons. The number of aromatic amines is 1. The maximum absolute atomic E-state index is 11.6. The Morgan fingerprint density at radius 1 is 1.22 bits per heavy atom. The first-order valence-corrected chi connectivity index (χ1v) is 5.33. The molecule has 0 atom stereocenters. The van der Waals surface area contributed by atoms with Crippen molar-refractivity contribution in [2.75, 3.05) is 6.54 Å². The van der Waals surface area contributed by atoms with E-state index in [-0.39, 0.29) is 30.5 Å². The Balaban J connectivity index is 1.80. The fourth-order valence-electron chi connectivity index (χ4n) is 1.38. The van der Waals surface area contributed by atoms with Crippen LogP contribution in [0.1, 0.15) is 16.2 Å². The number of nitrogens with one attached hydrogen (secondary N) is 2. The Hall–Kier alpha value is -2.57. The molecule has 0 saturated carbocycles. The van der Waals surface area contributed by atoms with Crippen LogP contribution in [-0.4, -0.2) is 38.9 Å². The predicted molar refractivity (Wildman–Crippen MR) is 61.7 cm³/mol. The van der Waals surface area contributed by atoms with Crippen LogP contribution < -0.4 is 5.32 Å². The first-order chi connectivity index (χ1) is 8.75. The average molecular weight is 245 g/mol. The Bertz CT molecular complexity index is 524. The zero-order chi connectivity index (χ0) is 12.8. The van der Waals surface area contributed by atoms with E-state index >= 15 is 0 Å². The molecule has 7 heteroatoms. The number of hydrogen-bond acceptors (Lipinski definition) is 5. The summed E-state index contributed by atoms with van der Waals surface area (Å²) < 4.78 is 0. The Morgan fingerprint density at radius 3 is 2.67 bits per heavy atom. The fraction of sp³-hybridized carbons (Fsp3) is 0.182. The van der Waals surface area contributed by atoms with E-state index in [4.69, 9.17) is 0 Å².